The third kappa shape index (κ3) is 1.46. The van der Waals surface area contributed by atoms with Gasteiger partial charge >= 0.3 is 0 Å². The van der Waals surface area contributed by atoms with Gasteiger partial charge in [0.2, 0.25) is 0 Å². The van der Waals surface area contributed by atoms with E-state index >= 15 is 0 Å². The summed E-state index contributed by atoms with van der Waals surface area (Å²) in [7, 11) is 0. The minimum absolute atomic E-state index is 0.156. The summed E-state index contributed by atoms with van der Waals surface area (Å²) in [6.07, 6.45) is -0.239. The van der Waals surface area contributed by atoms with Crippen molar-refractivity contribution in [2.45, 2.75) is 18.3 Å². The van der Waals surface area contributed by atoms with Crippen molar-refractivity contribution in [3.63, 3.8) is 0 Å². The Morgan fingerprint density at radius 3 is 2.70 bits per heavy atom. The van der Waals surface area contributed by atoms with Gasteiger partial charge < -0.3 is 20.1 Å². The third-order valence-corrected chi connectivity index (χ3v) is 1.47. The summed E-state index contributed by atoms with van der Waals surface area (Å²) in [5.41, 5.74) is 0. The number of aliphatic hydroxyl groups is 3. The topological polar surface area (TPSA) is 69.9 Å². The number of aliphatic hydroxyl groups excluding tert-OH is 3. The van der Waals surface area contributed by atoms with Crippen molar-refractivity contribution < 1.29 is 20.1 Å². The fourth-order valence-corrected chi connectivity index (χ4v) is 0.824. The molecule has 1 saturated heterocycles. The summed E-state index contributed by atoms with van der Waals surface area (Å²) in [6.45, 7) is -0.122. The van der Waals surface area contributed by atoms with E-state index in [4.69, 9.17) is 20.1 Å². The lowest BCUT2D eigenvalue weighted by molar-refractivity contribution is -0.124. The van der Waals surface area contributed by atoms with E-state index in [9.17, 15) is 0 Å². The highest BCUT2D eigenvalue weighted by Gasteiger charge is 2.30. The number of hydrogen-bond acceptors (Lipinski definition) is 4. The van der Waals surface area contributed by atoms with Crippen LogP contribution in [0, 0.1) is 6.42 Å². The fourth-order valence-electron chi connectivity index (χ4n) is 0.824. The van der Waals surface area contributed by atoms with Crippen LogP contribution in [0.2, 0.25) is 0 Å². The molecular formula is C6H10O4. The van der Waals surface area contributed by atoms with Crippen LogP contribution in [-0.4, -0.2) is 46.8 Å². The van der Waals surface area contributed by atoms with Crippen molar-refractivity contribution in [3.05, 3.63) is 6.42 Å². The minimum Gasteiger partial charge on any atom is -0.394 e. The molecule has 0 saturated carbocycles. The molecule has 0 amide bonds. The first-order chi connectivity index (χ1) is 4.75. The van der Waals surface area contributed by atoms with Crippen LogP contribution < -0.4 is 0 Å². The van der Waals surface area contributed by atoms with Crippen LogP contribution in [0.1, 0.15) is 0 Å². The molecule has 10 heavy (non-hydrogen) atoms. The zero-order valence-corrected chi connectivity index (χ0v) is 5.40. The average Bonchev–Trinajstić information content (AvgIpc) is 1.95. The highest BCUT2D eigenvalue weighted by atomic mass is 16.5. The maximum Gasteiger partial charge on any atom is 0.109 e. The Balaban J connectivity index is 2.42. The minimum atomic E-state index is -1.04. The second-order valence-electron chi connectivity index (χ2n) is 2.17. The van der Waals surface area contributed by atoms with Gasteiger partial charge in [-0.1, -0.05) is 0 Å². The van der Waals surface area contributed by atoms with Crippen LogP contribution in [0.25, 0.3) is 0 Å². The smallest absolute Gasteiger partial charge is 0.109 e. The monoisotopic (exact) mass is 146 g/mol. The van der Waals surface area contributed by atoms with Crippen LogP contribution in [0.5, 0.6) is 0 Å². The third-order valence-electron chi connectivity index (χ3n) is 1.47. The zero-order chi connectivity index (χ0) is 7.56. The van der Waals surface area contributed by atoms with Crippen molar-refractivity contribution in [2.75, 3.05) is 13.2 Å². The number of hydrogen-bond donors (Lipinski definition) is 3. The average molecular weight is 146 g/mol. The molecule has 0 aromatic carbocycles. The van der Waals surface area contributed by atoms with Gasteiger partial charge in [-0.3, -0.25) is 0 Å². The number of ether oxygens (including phenoxy) is 1. The lowest BCUT2D eigenvalue weighted by atomic mass is 10.0. The molecule has 0 spiro atoms. The van der Waals surface area contributed by atoms with E-state index in [0.29, 0.717) is 0 Å². The van der Waals surface area contributed by atoms with Gasteiger partial charge in [0.05, 0.1) is 19.3 Å². The number of rotatable bonds is 1. The van der Waals surface area contributed by atoms with E-state index in [1.165, 1.54) is 0 Å². The largest absolute Gasteiger partial charge is 0.394 e. The molecule has 1 aliphatic rings. The molecular weight excluding hydrogens is 136 g/mol. The molecule has 1 heterocycles. The van der Waals surface area contributed by atoms with Gasteiger partial charge in [-0.2, -0.15) is 0 Å². The van der Waals surface area contributed by atoms with E-state index in [1.54, 1.807) is 0 Å². The highest BCUT2D eigenvalue weighted by Crippen LogP contribution is 2.12. The summed E-state index contributed by atoms with van der Waals surface area (Å²) in [5.74, 6) is 0. The second kappa shape index (κ2) is 3.30. The Hall–Kier alpha value is -0.160. The van der Waals surface area contributed by atoms with Gasteiger partial charge in [-0.25, -0.2) is 0 Å². The van der Waals surface area contributed by atoms with Crippen molar-refractivity contribution in [1.29, 1.82) is 0 Å². The highest BCUT2D eigenvalue weighted by molar-refractivity contribution is 4.90. The van der Waals surface area contributed by atoms with Crippen LogP contribution in [-0.2, 0) is 4.74 Å². The van der Waals surface area contributed by atoms with Crippen LogP contribution >= 0.6 is 0 Å². The van der Waals surface area contributed by atoms with Gasteiger partial charge in [-0.15, -0.1) is 0 Å². The van der Waals surface area contributed by atoms with Crippen LogP contribution in [0.3, 0.4) is 0 Å². The molecule has 3 N–H and O–H groups in total. The quantitative estimate of drug-likeness (QED) is 0.407. The van der Waals surface area contributed by atoms with Gasteiger partial charge in [-0.05, 0) is 0 Å². The van der Waals surface area contributed by atoms with Crippen molar-refractivity contribution in [2.24, 2.45) is 0 Å². The predicted octanol–water partition coefficient (Wildman–Crippen LogP) is -1.82. The van der Waals surface area contributed by atoms with Gasteiger partial charge in [0.15, 0.2) is 0 Å². The fraction of sp³-hybridized carbons (Fsp3) is 0.833. The Bertz CT molecular complexity index is 106. The molecule has 1 fully saturated rings. The van der Waals surface area contributed by atoms with E-state index < -0.39 is 18.3 Å². The lowest BCUT2D eigenvalue weighted by Crippen LogP contribution is -2.46. The maximum atomic E-state index is 9.04. The SMILES string of the molecule is OC[C@H]1OC[C][C@@H](O)[C@@H]1O. The van der Waals surface area contributed by atoms with E-state index in [0.717, 1.165) is 0 Å². The molecule has 3 atom stereocenters. The molecule has 1 aliphatic heterocycles. The normalized spacial score (nSPS) is 41.7. The molecule has 2 radical (unpaired) electrons. The van der Waals surface area contributed by atoms with Gasteiger partial charge in [0, 0.05) is 6.42 Å². The second-order valence-corrected chi connectivity index (χ2v) is 2.17. The van der Waals surface area contributed by atoms with Crippen molar-refractivity contribution in [3.8, 4) is 0 Å². The van der Waals surface area contributed by atoms with Crippen LogP contribution in [0.15, 0.2) is 0 Å². The zero-order valence-electron chi connectivity index (χ0n) is 5.40. The van der Waals surface area contributed by atoms with Crippen molar-refractivity contribution in [1.82, 2.24) is 0 Å². The summed E-state index contributed by atoms with van der Waals surface area (Å²) >= 11 is 0. The maximum absolute atomic E-state index is 9.04. The van der Waals surface area contributed by atoms with Crippen LogP contribution in [0.4, 0.5) is 0 Å². The first-order valence-electron chi connectivity index (χ1n) is 3.07. The lowest BCUT2D eigenvalue weighted by Gasteiger charge is -2.29. The Kier molecular flexibility index (Phi) is 2.62. The molecule has 4 heteroatoms. The van der Waals surface area contributed by atoms with E-state index in [1.807, 2.05) is 0 Å². The summed E-state index contributed by atoms with van der Waals surface area (Å²) in [6, 6.07) is 0. The molecule has 0 aromatic heterocycles. The Labute approximate surface area is 59.1 Å². The predicted molar refractivity (Wildman–Crippen MR) is 32.1 cm³/mol. The molecule has 1 rings (SSSR count). The molecule has 0 aliphatic carbocycles. The van der Waals surface area contributed by atoms with Crippen molar-refractivity contribution >= 4 is 0 Å². The standard InChI is InChI=1S/C6H10O4/c7-3-5-6(9)4(8)1-2-10-5/h4-9H,2-3H2/t4-,5-,6+/m1/s1. The van der Waals surface area contributed by atoms with Gasteiger partial charge in [0.25, 0.3) is 0 Å². The summed E-state index contributed by atoms with van der Waals surface area (Å²) in [4.78, 5) is 0. The first-order valence-corrected chi connectivity index (χ1v) is 3.07. The first kappa shape index (κ1) is 7.94. The molecule has 0 aromatic rings. The molecule has 58 valence electrons. The summed E-state index contributed by atoms with van der Waals surface area (Å²) in [5, 5.41) is 26.5. The molecule has 4 nitrogen and oxygen atoms in total. The summed E-state index contributed by atoms with van der Waals surface area (Å²) < 4.78 is 4.84. The molecule has 0 unspecified atom stereocenters. The Morgan fingerprint density at radius 2 is 2.20 bits per heavy atom. The van der Waals surface area contributed by atoms with Gasteiger partial charge in [0.1, 0.15) is 12.2 Å². The molecule has 0 bridgehead atoms. The Morgan fingerprint density at radius 1 is 1.50 bits per heavy atom. The van der Waals surface area contributed by atoms with E-state index in [-0.39, 0.29) is 13.2 Å². The van der Waals surface area contributed by atoms with E-state index in [2.05, 4.69) is 6.42 Å².